The van der Waals surface area contributed by atoms with E-state index >= 15 is 0 Å². The third kappa shape index (κ3) is 51.4. The first-order valence-corrected chi connectivity index (χ1v) is 27.1. The number of hydrogen-bond acceptors (Lipinski definition) is 6. The van der Waals surface area contributed by atoms with E-state index in [2.05, 4.69) is 106 Å². The van der Waals surface area contributed by atoms with Gasteiger partial charge >= 0.3 is 17.9 Å². The first kappa shape index (κ1) is 61.6. The number of allylic oxidation sites excluding steroid dienone is 14. The molecule has 0 saturated heterocycles. The molecule has 0 aromatic rings. The molecule has 6 nitrogen and oxygen atoms in total. The smallest absolute Gasteiger partial charge is 0.306 e. The molecule has 0 spiro atoms. The van der Waals surface area contributed by atoms with Gasteiger partial charge in [-0.2, -0.15) is 0 Å². The van der Waals surface area contributed by atoms with Crippen LogP contribution in [-0.2, 0) is 28.6 Å². The molecule has 0 rings (SSSR count). The molecule has 0 aliphatic rings. The molecule has 0 N–H and O–H groups in total. The van der Waals surface area contributed by atoms with Gasteiger partial charge in [0.05, 0.1) is 0 Å². The van der Waals surface area contributed by atoms with Crippen LogP contribution in [0.3, 0.4) is 0 Å². The van der Waals surface area contributed by atoms with Gasteiger partial charge in [-0.25, -0.2) is 0 Å². The lowest BCUT2D eigenvalue weighted by atomic mass is 10.1. The Balaban J connectivity index is 4.41. The summed E-state index contributed by atoms with van der Waals surface area (Å²) in [6.07, 6.45) is 68.5. The van der Waals surface area contributed by atoms with Crippen LogP contribution in [0.15, 0.2) is 85.1 Å². The fourth-order valence-corrected chi connectivity index (χ4v) is 7.35. The van der Waals surface area contributed by atoms with E-state index in [-0.39, 0.29) is 31.1 Å². The van der Waals surface area contributed by atoms with Crippen LogP contribution in [0.2, 0.25) is 0 Å². The third-order valence-corrected chi connectivity index (χ3v) is 11.4. The van der Waals surface area contributed by atoms with Gasteiger partial charge in [0.25, 0.3) is 0 Å². The summed E-state index contributed by atoms with van der Waals surface area (Å²) in [7, 11) is 0. The topological polar surface area (TPSA) is 78.9 Å². The lowest BCUT2D eigenvalue weighted by molar-refractivity contribution is -0.167. The van der Waals surface area contributed by atoms with Crippen LogP contribution < -0.4 is 0 Å². The van der Waals surface area contributed by atoms with Crippen LogP contribution in [0.5, 0.6) is 0 Å². The van der Waals surface area contributed by atoms with Crippen molar-refractivity contribution in [1.29, 1.82) is 0 Å². The number of carbonyl (C=O) groups excluding carboxylic acids is 3. The monoisotopic (exact) mass is 905 g/mol. The summed E-state index contributed by atoms with van der Waals surface area (Å²) >= 11 is 0. The summed E-state index contributed by atoms with van der Waals surface area (Å²) in [5.41, 5.74) is 0. The molecular formula is C59H100O6. The van der Waals surface area contributed by atoms with E-state index in [1.54, 1.807) is 0 Å². The molecule has 6 heteroatoms. The van der Waals surface area contributed by atoms with Gasteiger partial charge in [-0.05, 0) is 109 Å². The SMILES string of the molecule is CC/C=C\C/C=C\C/C=C\CCCCCCCCCCCC(=O)OCC(COC(=O)CCCCC/C=C\CCCCCCCCC)OC(=O)CCCCCC/C=C\C/C=C\C/C=C\CC. The van der Waals surface area contributed by atoms with Crippen molar-refractivity contribution in [2.24, 2.45) is 0 Å². The Kier molecular flexibility index (Phi) is 50.4. The predicted molar refractivity (Wildman–Crippen MR) is 279 cm³/mol. The lowest BCUT2D eigenvalue weighted by Gasteiger charge is -2.18. The molecule has 0 fully saturated rings. The van der Waals surface area contributed by atoms with Crippen molar-refractivity contribution in [3.8, 4) is 0 Å². The van der Waals surface area contributed by atoms with Crippen molar-refractivity contribution in [2.45, 2.75) is 258 Å². The van der Waals surface area contributed by atoms with Gasteiger partial charge in [-0.15, -0.1) is 0 Å². The first-order chi connectivity index (χ1) is 32.0. The summed E-state index contributed by atoms with van der Waals surface area (Å²) in [5.74, 6) is -0.935. The standard InChI is InChI=1S/C59H100O6/c1-4-7-10-13-16-19-22-25-28-29-30-31-32-35-37-40-43-46-49-52-58(61)64-55-56(65-59(62)53-50-47-44-41-38-34-27-24-21-18-15-12-9-6-3)54-63-57(60)51-48-45-42-39-36-33-26-23-20-17-14-11-8-5-2/h7,9-10,12,16,18-19,21,25,27-28,33-34,36,56H,4-6,8,11,13-15,17,20,22-24,26,29-32,35,37-55H2,1-3H3/b10-7-,12-9-,19-16-,21-18-,28-25-,34-27-,36-33-. The highest BCUT2D eigenvalue weighted by molar-refractivity contribution is 5.71. The van der Waals surface area contributed by atoms with Crippen molar-refractivity contribution < 1.29 is 28.6 Å². The van der Waals surface area contributed by atoms with Crippen molar-refractivity contribution in [3.63, 3.8) is 0 Å². The Bertz CT molecular complexity index is 1270. The van der Waals surface area contributed by atoms with Crippen LogP contribution in [0, 0.1) is 0 Å². The second kappa shape index (κ2) is 53.2. The maximum absolute atomic E-state index is 12.8. The molecule has 1 unspecified atom stereocenters. The summed E-state index contributed by atoms with van der Waals surface area (Å²) in [4.78, 5) is 38.0. The minimum absolute atomic E-state index is 0.0935. The summed E-state index contributed by atoms with van der Waals surface area (Å²) in [6, 6.07) is 0. The molecular weight excluding hydrogens is 805 g/mol. The molecule has 0 aliphatic carbocycles. The zero-order chi connectivity index (χ0) is 47.2. The number of hydrogen-bond donors (Lipinski definition) is 0. The van der Waals surface area contributed by atoms with Gasteiger partial charge in [0.1, 0.15) is 13.2 Å². The quantitative estimate of drug-likeness (QED) is 0.0262. The number of ether oxygens (including phenoxy) is 3. The third-order valence-electron chi connectivity index (χ3n) is 11.4. The average molecular weight is 905 g/mol. The first-order valence-electron chi connectivity index (χ1n) is 27.1. The molecule has 0 saturated carbocycles. The van der Waals surface area contributed by atoms with Crippen molar-refractivity contribution in [2.75, 3.05) is 13.2 Å². The molecule has 65 heavy (non-hydrogen) atoms. The van der Waals surface area contributed by atoms with E-state index in [1.165, 1.54) is 89.9 Å². The molecule has 0 bridgehead atoms. The van der Waals surface area contributed by atoms with Gasteiger partial charge < -0.3 is 14.2 Å². The molecule has 1 atom stereocenters. The highest BCUT2D eigenvalue weighted by Gasteiger charge is 2.19. The molecule has 0 aliphatic heterocycles. The predicted octanol–water partition coefficient (Wildman–Crippen LogP) is 18.0. The minimum Gasteiger partial charge on any atom is -0.462 e. The Labute approximate surface area is 401 Å². The average Bonchev–Trinajstić information content (AvgIpc) is 3.30. The van der Waals surface area contributed by atoms with E-state index in [0.717, 1.165) is 122 Å². The fraction of sp³-hybridized carbons (Fsp3) is 0.712. The van der Waals surface area contributed by atoms with Crippen LogP contribution in [0.25, 0.3) is 0 Å². The number of esters is 3. The molecule has 0 heterocycles. The van der Waals surface area contributed by atoms with Gasteiger partial charge in [0, 0.05) is 19.3 Å². The minimum atomic E-state index is -0.796. The van der Waals surface area contributed by atoms with Crippen LogP contribution in [-0.4, -0.2) is 37.2 Å². The molecule has 0 aromatic carbocycles. The van der Waals surface area contributed by atoms with E-state index in [9.17, 15) is 14.4 Å². The van der Waals surface area contributed by atoms with E-state index < -0.39 is 6.10 Å². The zero-order valence-corrected chi connectivity index (χ0v) is 42.5. The van der Waals surface area contributed by atoms with Crippen molar-refractivity contribution in [3.05, 3.63) is 85.1 Å². The Morgan fingerprint density at radius 2 is 0.600 bits per heavy atom. The highest BCUT2D eigenvalue weighted by atomic mass is 16.6. The van der Waals surface area contributed by atoms with Crippen molar-refractivity contribution >= 4 is 17.9 Å². The van der Waals surface area contributed by atoms with Gasteiger partial charge in [0.2, 0.25) is 0 Å². The summed E-state index contributed by atoms with van der Waals surface area (Å²) in [6.45, 7) is 6.38. The zero-order valence-electron chi connectivity index (χ0n) is 42.5. The second-order valence-corrected chi connectivity index (χ2v) is 17.7. The number of rotatable bonds is 48. The van der Waals surface area contributed by atoms with Gasteiger partial charge in [-0.1, -0.05) is 209 Å². The summed E-state index contributed by atoms with van der Waals surface area (Å²) < 4.78 is 16.8. The molecule has 0 amide bonds. The van der Waals surface area contributed by atoms with Crippen LogP contribution >= 0.6 is 0 Å². The Hall–Kier alpha value is -3.41. The van der Waals surface area contributed by atoms with E-state index in [0.29, 0.717) is 19.3 Å². The van der Waals surface area contributed by atoms with Gasteiger partial charge in [0.15, 0.2) is 6.10 Å². The molecule has 0 aromatic heterocycles. The van der Waals surface area contributed by atoms with Gasteiger partial charge in [-0.3, -0.25) is 14.4 Å². The summed E-state index contributed by atoms with van der Waals surface area (Å²) in [5, 5.41) is 0. The lowest BCUT2D eigenvalue weighted by Crippen LogP contribution is -2.30. The highest BCUT2D eigenvalue weighted by Crippen LogP contribution is 2.14. The van der Waals surface area contributed by atoms with Crippen molar-refractivity contribution in [1.82, 2.24) is 0 Å². The molecule has 372 valence electrons. The maximum Gasteiger partial charge on any atom is 0.306 e. The largest absolute Gasteiger partial charge is 0.462 e. The maximum atomic E-state index is 12.8. The Morgan fingerprint density at radius 3 is 0.969 bits per heavy atom. The Morgan fingerprint density at radius 1 is 0.323 bits per heavy atom. The normalized spacial score (nSPS) is 12.7. The number of carbonyl (C=O) groups is 3. The molecule has 0 radical (unpaired) electrons. The van der Waals surface area contributed by atoms with Crippen LogP contribution in [0.4, 0.5) is 0 Å². The van der Waals surface area contributed by atoms with E-state index in [4.69, 9.17) is 14.2 Å². The fourth-order valence-electron chi connectivity index (χ4n) is 7.35. The number of unbranched alkanes of at least 4 members (excludes halogenated alkanes) is 23. The van der Waals surface area contributed by atoms with Crippen LogP contribution in [0.1, 0.15) is 252 Å². The van der Waals surface area contributed by atoms with E-state index in [1.807, 2.05) is 0 Å². The second-order valence-electron chi connectivity index (χ2n) is 17.7.